The highest BCUT2D eigenvalue weighted by molar-refractivity contribution is 4.76. The summed E-state index contributed by atoms with van der Waals surface area (Å²) in [6.45, 7) is 5.91. The van der Waals surface area contributed by atoms with Crippen molar-refractivity contribution in [1.29, 1.82) is 0 Å². The van der Waals surface area contributed by atoms with E-state index in [0.717, 1.165) is 12.0 Å². The monoisotopic (exact) mass is 159 g/mol. The largest absolute Gasteiger partial charge is 0.388 e. The number of hydrogen-bond acceptors (Lipinski definition) is 2. The minimum absolute atomic E-state index is 0.824. The lowest BCUT2D eigenvalue weighted by atomic mass is 10.1. The van der Waals surface area contributed by atoms with Crippen LogP contribution in [0.1, 0.15) is 20.3 Å². The van der Waals surface area contributed by atoms with Crippen molar-refractivity contribution >= 4 is 0 Å². The molecule has 0 N–H and O–H groups in total. The molecule has 2 unspecified atom stereocenters. The fraction of sp³-hybridized carbons (Fsp3) is 1.00. The molecule has 2 nitrogen and oxygen atoms in total. The van der Waals surface area contributed by atoms with E-state index in [2.05, 4.69) is 30.5 Å². The number of likely N-dealkylation sites (tertiary alicyclic amines) is 1. The van der Waals surface area contributed by atoms with Crippen LogP contribution in [-0.2, 0) is 4.74 Å². The Labute approximate surface area is 70.5 Å². The molecule has 2 heteroatoms. The van der Waals surface area contributed by atoms with Crippen molar-refractivity contribution in [2.75, 3.05) is 27.8 Å². The zero-order valence-corrected chi connectivity index (χ0v) is 8.42. The van der Waals surface area contributed by atoms with Gasteiger partial charge >= 0.3 is 0 Å². The summed E-state index contributed by atoms with van der Waals surface area (Å²) in [6.07, 6.45) is 1.39. The molecule has 11 heavy (non-hydrogen) atoms. The maximum atomic E-state index is 4.25. The molecular formula is C9H21NO. The first kappa shape index (κ1) is 10.9. The van der Waals surface area contributed by atoms with E-state index in [4.69, 9.17) is 0 Å². The molecule has 0 aliphatic carbocycles. The van der Waals surface area contributed by atoms with Crippen molar-refractivity contribution in [3.8, 4) is 0 Å². The Morgan fingerprint density at radius 1 is 1.27 bits per heavy atom. The fourth-order valence-electron chi connectivity index (χ4n) is 1.51. The number of nitrogens with zero attached hydrogens (tertiary/aromatic N) is 1. The average molecular weight is 159 g/mol. The first-order chi connectivity index (χ1) is 5.11. The third-order valence-electron chi connectivity index (χ3n) is 2.10. The summed E-state index contributed by atoms with van der Waals surface area (Å²) >= 11 is 0. The third-order valence-corrected chi connectivity index (χ3v) is 2.10. The Hall–Kier alpha value is -0.0800. The van der Waals surface area contributed by atoms with Crippen molar-refractivity contribution in [2.45, 2.75) is 26.3 Å². The Kier molecular flexibility index (Phi) is 5.51. The van der Waals surface area contributed by atoms with Crippen LogP contribution in [0, 0.1) is 5.92 Å². The number of ether oxygens (including phenoxy) is 1. The molecule has 0 spiro atoms. The van der Waals surface area contributed by atoms with Crippen LogP contribution in [0.3, 0.4) is 0 Å². The number of hydrogen-bond donors (Lipinski definition) is 0. The van der Waals surface area contributed by atoms with Gasteiger partial charge in [-0.3, -0.25) is 0 Å². The van der Waals surface area contributed by atoms with E-state index in [1.54, 1.807) is 14.2 Å². The topological polar surface area (TPSA) is 12.5 Å². The van der Waals surface area contributed by atoms with Crippen LogP contribution in [0.15, 0.2) is 0 Å². The summed E-state index contributed by atoms with van der Waals surface area (Å²) in [5, 5.41) is 0. The summed E-state index contributed by atoms with van der Waals surface area (Å²) in [5.41, 5.74) is 0. The van der Waals surface area contributed by atoms with Gasteiger partial charge in [-0.05, 0) is 26.3 Å². The number of rotatable bonds is 0. The minimum Gasteiger partial charge on any atom is -0.388 e. The minimum atomic E-state index is 0.824. The van der Waals surface area contributed by atoms with E-state index in [1.165, 1.54) is 13.0 Å². The van der Waals surface area contributed by atoms with E-state index in [-0.39, 0.29) is 0 Å². The molecule has 1 aliphatic heterocycles. The maximum absolute atomic E-state index is 4.25. The zero-order valence-electron chi connectivity index (χ0n) is 8.42. The van der Waals surface area contributed by atoms with Crippen LogP contribution in [0.2, 0.25) is 0 Å². The second kappa shape index (κ2) is 5.56. The van der Waals surface area contributed by atoms with Gasteiger partial charge in [0.15, 0.2) is 0 Å². The molecule has 1 rings (SSSR count). The standard InChI is InChI=1S/C7H15N.C2H6O/c1-6-4-7(2)8(3)5-6;1-3-2/h6-7H,4-5H2,1-3H3;1-2H3. The lowest BCUT2D eigenvalue weighted by Gasteiger charge is -2.12. The van der Waals surface area contributed by atoms with Gasteiger partial charge in [-0.15, -0.1) is 0 Å². The van der Waals surface area contributed by atoms with Crippen LogP contribution >= 0.6 is 0 Å². The maximum Gasteiger partial charge on any atom is 0.0351 e. The van der Waals surface area contributed by atoms with Gasteiger partial charge in [0.05, 0.1) is 0 Å². The van der Waals surface area contributed by atoms with Gasteiger partial charge in [-0.1, -0.05) is 6.92 Å². The van der Waals surface area contributed by atoms with Crippen LogP contribution < -0.4 is 0 Å². The Balaban J connectivity index is 0.000000292. The SMILES string of the molecule is CC1CC(C)N(C)C1.COC. The van der Waals surface area contributed by atoms with Crippen molar-refractivity contribution in [3.05, 3.63) is 0 Å². The molecule has 1 fully saturated rings. The lowest BCUT2D eigenvalue weighted by Crippen LogP contribution is -2.21. The van der Waals surface area contributed by atoms with E-state index >= 15 is 0 Å². The van der Waals surface area contributed by atoms with Gasteiger partial charge in [0, 0.05) is 26.8 Å². The second-order valence-electron chi connectivity index (χ2n) is 3.54. The smallest absolute Gasteiger partial charge is 0.0351 e. The van der Waals surface area contributed by atoms with Gasteiger partial charge < -0.3 is 9.64 Å². The summed E-state index contributed by atoms with van der Waals surface area (Å²) < 4.78 is 4.25. The molecule has 0 saturated carbocycles. The van der Waals surface area contributed by atoms with Gasteiger partial charge in [0.1, 0.15) is 0 Å². The Morgan fingerprint density at radius 3 is 1.82 bits per heavy atom. The summed E-state index contributed by atoms with van der Waals surface area (Å²) in [4.78, 5) is 2.42. The molecule has 0 radical (unpaired) electrons. The molecule has 1 saturated heterocycles. The van der Waals surface area contributed by atoms with Crippen molar-refractivity contribution in [2.24, 2.45) is 5.92 Å². The molecule has 0 aromatic heterocycles. The third kappa shape index (κ3) is 4.38. The van der Waals surface area contributed by atoms with Crippen LogP contribution in [0.5, 0.6) is 0 Å². The highest BCUT2D eigenvalue weighted by Gasteiger charge is 2.21. The van der Waals surface area contributed by atoms with Gasteiger partial charge in [0.2, 0.25) is 0 Å². The molecule has 1 aliphatic rings. The molecule has 0 aromatic rings. The lowest BCUT2D eigenvalue weighted by molar-refractivity contribution is 0.277. The van der Waals surface area contributed by atoms with Crippen molar-refractivity contribution in [3.63, 3.8) is 0 Å². The fourth-order valence-corrected chi connectivity index (χ4v) is 1.51. The predicted octanol–water partition coefficient (Wildman–Crippen LogP) is 1.61. The van der Waals surface area contributed by atoms with Crippen LogP contribution in [-0.4, -0.2) is 38.8 Å². The predicted molar refractivity (Wildman–Crippen MR) is 48.8 cm³/mol. The molecule has 0 aromatic carbocycles. The van der Waals surface area contributed by atoms with Crippen LogP contribution in [0.25, 0.3) is 0 Å². The summed E-state index contributed by atoms with van der Waals surface area (Å²) in [6, 6.07) is 0.824. The van der Waals surface area contributed by atoms with E-state index < -0.39 is 0 Å². The molecule has 1 heterocycles. The van der Waals surface area contributed by atoms with Crippen molar-refractivity contribution in [1.82, 2.24) is 4.90 Å². The van der Waals surface area contributed by atoms with Gasteiger partial charge in [0.25, 0.3) is 0 Å². The molecule has 68 valence electrons. The van der Waals surface area contributed by atoms with E-state index in [1.807, 2.05) is 0 Å². The average Bonchev–Trinajstić information content (AvgIpc) is 2.12. The highest BCUT2D eigenvalue weighted by atomic mass is 16.4. The molecular weight excluding hydrogens is 138 g/mol. The Morgan fingerprint density at radius 2 is 1.73 bits per heavy atom. The first-order valence-electron chi connectivity index (χ1n) is 4.22. The van der Waals surface area contributed by atoms with E-state index in [0.29, 0.717) is 0 Å². The second-order valence-corrected chi connectivity index (χ2v) is 3.54. The zero-order chi connectivity index (χ0) is 8.85. The summed E-state index contributed by atoms with van der Waals surface area (Å²) in [5.74, 6) is 0.926. The highest BCUT2D eigenvalue weighted by Crippen LogP contribution is 2.19. The van der Waals surface area contributed by atoms with Crippen LogP contribution in [0.4, 0.5) is 0 Å². The number of methoxy groups -OCH3 is 1. The van der Waals surface area contributed by atoms with Gasteiger partial charge in [-0.2, -0.15) is 0 Å². The molecule has 0 bridgehead atoms. The quantitative estimate of drug-likeness (QED) is 0.532. The normalized spacial score (nSPS) is 31.4. The van der Waals surface area contributed by atoms with Crippen molar-refractivity contribution < 1.29 is 4.74 Å². The first-order valence-corrected chi connectivity index (χ1v) is 4.22. The van der Waals surface area contributed by atoms with E-state index in [9.17, 15) is 0 Å². The molecule has 2 atom stereocenters. The Bertz CT molecular complexity index is 85.6. The molecule has 0 amide bonds. The van der Waals surface area contributed by atoms with Gasteiger partial charge in [-0.25, -0.2) is 0 Å². The summed E-state index contributed by atoms with van der Waals surface area (Å²) in [7, 11) is 5.45.